The van der Waals surface area contributed by atoms with E-state index in [9.17, 15) is 33.0 Å². The third-order valence-electron chi connectivity index (χ3n) is 16.1. The largest absolute Gasteiger partial charge is 0.496 e. The number of nitrogens with two attached hydrogens (primary N) is 1. The highest BCUT2D eigenvalue weighted by molar-refractivity contribution is 14.1. The number of halogens is 8. The van der Waals surface area contributed by atoms with E-state index in [0.717, 1.165) is 78.8 Å². The third kappa shape index (κ3) is 20.5. The number of pyridine rings is 3. The van der Waals surface area contributed by atoms with Gasteiger partial charge in [-0.25, -0.2) is 23.7 Å². The summed E-state index contributed by atoms with van der Waals surface area (Å²) in [7, 11) is -0.524. The van der Waals surface area contributed by atoms with Gasteiger partial charge in [-0.3, -0.25) is 9.59 Å². The molecule has 512 valence electrons. The fourth-order valence-corrected chi connectivity index (χ4v) is 11.1. The summed E-state index contributed by atoms with van der Waals surface area (Å²) in [6.45, 7) is 17.8. The van der Waals surface area contributed by atoms with Crippen LogP contribution in [0.5, 0.6) is 0 Å². The molecule has 0 saturated carbocycles. The SMILES string of the molecule is C.C1COCCO1.CC1(C)OB(c2cc3n(c2)CCN(Cc2cc(F)ccc2CO)C3=O)OC1(C)C.Clc1cnc(NC2COC2)cc1I.Fc1cc(I)c(Cl)cn1.NC1COC1.O=C1c2cc(-c3cc(NC4COC4)ncc3Cl)cn2CCN1Cc1cc(F)ccc1CO. The maximum Gasteiger partial charge on any atom is 0.496 e. The highest BCUT2D eigenvalue weighted by Gasteiger charge is 2.52. The molecule has 2 amide bonds. The molecule has 6 N–H and O–H groups in total. The van der Waals surface area contributed by atoms with Gasteiger partial charge in [-0.1, -0.05) is 54.4 Å². The summed E-state index contributed by atoms with van der Waals surface area (Å²) in [5, 5.41) is 27.3. The number of amides is 2. The van der Waals surface area contributed by atoms with E-state index in [1.54, 1.807) is 34.3 Å². The van der Waals surface area contributed by atoms with Crippen LogP contribution < -0.4 is 21.8 Å². The number of hydrogen-bond acceptors (Lipinski definition) is 17. The van der Waals surface area contributed by atoms with E-state index < -0.39 is 30.1 Å². The van der Waals surface area contributed by atoms with E-state index in [0.29, 0.717) is 110 Å². The first kappa shape index (κ1) is 75.5. The second-order valence-electron chi connectivity index (χ2n) is 23.6. The Hall–Kier alpha value is -5.23. The summed E-state index contributed by atoms with van der Waals surface area (Å²) in [5.74, 6) is 0.0203. The number of hydrogen-bond donors (Lipinski definition) is 5. The summed E-state index contributed by atoms with van der Waals surface area (Å²) in [5.41, 5.74) is 10.4. The van der Waals surface area contributed by atoms with Gasteiger partial charge in [0.05, 0.1) is 124 Å². The molecule has 0 unspecified atom stereocenters. The molecule has 0 bridgehead atoms. The van der Waals surface area contributed by atoms with Crippen LogP contribution in [0.1, 0.15) is 78.4 Å². The van der Waals surface area contributed by atoms with E-state index in [1.807, 2.05) is 96.1 Å². The molecule has 0 spiro atoms. The van der Waals surface area contributed by atoms with Crippen molar-refractivity contribution in [3.63, 3.8) is 0 Å². The van der Waals surface area contributed by atoms with Crippen molar-refractivity contribution in [1.29, 1.82) is 0 Å². The van der Waals surface area contributed by atoms with Crippen molar-refractivity contribution in [1.82, 2.24) is 33.9 Å². The van der Waals surface area contributed by atoms with Crippen LogP contribution >= 0.6 is 80.0 Å². The molecule has 5 saturated heterocycles. The average Bonchev–Trinajstić information content (AvgIpc) is 1.63. The lowest BCUT2D eigenvalue weighted by Crippen LogP contribution is -2.41. The molecule has 0 atom stereocenters. The predicted octanol–water partition coefficient (Wildman–Crippen LogP) is 10.0. The average molecular weight is 1600 g/mol. The molecule has 0 radical (unpaired) electrons. The van der Waals surface area contributed by atoms with Crippen molar-refractivity contribution in [2.45, 2.75) is 104 Å². The highest BCUT2D eigenvalue weighted by Crippen LogP contribution is 2.37. The standard InChI is InChI=1S/C23H22ClFN4O3.C21H26BFN2O4.C8H8ClIN2O.C5H2ClFIN.C4H8O2.C3H7NO.CH4/c24-20-8-26-22(27-18-12-32-13-18)7-19(20)16-6-21-23(31)29(4-3-28(21)10-16)9-15-5-17(25)2-1-14(15)11-30;1-20(2)21(3,4)29-22(28-20)16-10-18-19(27)25(8-7-24(18)12-16)11-15-9-17(23)6-5-14(15)13-26;9-6-2-11-8(1-7(6)10)12-5-3-13-4-5;6-3-2-9-5(7)1-4(3)8;1-2-6-4-3-5-1;4-3-1-5-2-3;/h1-2,5-8,10,18,30H,3-4,9,11-13H2,(H,26,27);5-6,9-10,12,26H,7-8,11,13H2,1-4H3;1-2,5H,3-4H2,(H,11,12);1-2H;1-4H2;3H,1-2,4H2;1H4. The molecule has 30 heteroatoms. The minimum Gasteiger partial charge on any atom is -0.399 e. The normalized spacial score (nSPS) is 17.7. The van der Waals surface area contributed by atoms with Crippen LogP contribution in [-0.4, -0.2) is 172 Å². The van der Waals surface area contributed by atoms with E-state index in [1.165, 1.54) is 36.5 Å². The van der Waals surface area contributed by atoms with E-state index in [2.05, 4.69) is 48.2 Å². The fourth-order valence-electron chi connectivity index (χ4n) is 9.89. The van der Waals surface area contributed by atoms with Gasteiger partial charge in [0.25, 0.3) is 11.8 Å². The van der Waals surface area contributed by atoms with Crippen LogP contribution in [0.2, 0.25) is 15.1 Å². The minimum atomic E-state index is -0.524. The molecule has 95 heavy (non-hydrogen) atoms. The van der Waals surface area contributed by atoms with E-state index in [-0.39, 0.29) is 57.4 Å². The number of nitrogens with one attached hydrogen (secondary N) is 2. The summed E-state index contributed by atoms with van der Waals surface area (Å²) in [6.07, 6.45) is 8.38. The highest BCUT2D eigenvalue weighted by atomic mass is 127. The lowest BCUT2D eigenvalue weighted by molar-refractivity contribution is -0.0334. The Morgan fingerprint density at radius 1 is 0.589 bits per heavy atom. The van der Waals surface area contributed by atoms with Crippen molar-refractivity contribution in [3.8, 4) is 11.1 Å². The first-order chi connectivity index (χ1) is 45.0. The molecule has 7 aliphatic rings. The second-order valence-corrected chi connectivity index (χ2v) is 27.1. The molecule has 14 rings (SSSR count). The maximum atomic E-state index is 13.7. The van der Waals surface area contributed by atoms with Gasteiger partial charge in [-0.05, 0) is 144 Å². The molecule has 0 aliphatic carbocycles. The lowest BCUT2D eigenvalue weighted by Gasteiger charge is -2.32. The molecule has 5 fully saturated rings. The van der Waals surface area contributed by atoms with Crippen molar-refractivity contribution < 1.29 is 66.0 Å². The van der Waals surface area contributed by atoms with Gasteiger partial charge >= 0.3 is 7.12 Å². The van der Waals surface area contributed by atoms with Crippen LogP contribution in [0.25, 0.3) is 11.1 Å². The maximum absolute atomic E-state index is 13.7. The van der Waals surface area contributed by atoms with Gasteiger partial charge < -0.3 is 78.5 Å². The van der Waals surface area contributed by atoms with Crippen molar-refractivity contribution >= 4 is 116 Å². The van der Waals surface area contributed by atoms with Crippen molar-refractivity contribution in [3.05, 3.63) is 171 Å². The number of carbonyl (C=O) groups is 2. The number of rotatable bonds is 12. The summed E-state index contributed by atoms with van der Waals surface area (Å²) in [4.78, 5) is 41.4. The molecule has 7 aromatic rings. The van der Waals surface area contributed by atoms with Gasteiger partial charge in [-0.2, -0.15) is 4.39 Å². The first-order valence-corrected chi connectivity index (χ1v) is 33.5. The monoisotopic (exact) mass is 1600 g/mol. The van der Waals surface area contributed by atoms with E-state index in [4.69, 9.17) is 73.5 Å². The topological polar surface area (TPSA) is 244 Å². The number of aliphatic hydroxyl groups is 2. The van der Waals surface area contributed by atoms with Gasteiger partial charge in [0.1, 0.15) is 34.7 Å². The number of aromatic nitrogens is 5. The number of nitrogens with zero attached hydrogens (tertiary/aromatic N) is 7. The minimum absolute atomic E-state index is 0. The zero-order valence-corrected chi connectivity index (χ0v) is 58.7. The van der Waals surface area contributed by atoms with Gasteiger partial charge in [-0.15, -0.1) is 0 Å². The molecule has 2 aromatic carbocycles. The Labute approximate surface area is 593 Å². The zero-order chi connectivity index (χ0) is 67.3. The van der Waals surface area contributed by atoms with Crippen molar-refractivity contribution in [2.75, 3.05) is 89.8 Å². The summed E-state index contributed by atoms with van der Waals surface area (Å²) in [6, 6.07) is 18.2. The molecule has 21 nitrogen and oxygen atoms in total. The Morgan fingerprint density at radius 3 is 1.45 bits per heavy atom. The summed E-state index contributed by atoms with van der Waals surface area (Å²) < 4.78 is 82.1. The predicted molar refractivity (Wildman–Crippen MR) is 374 cm³/mol. The van der Waals surface area contributed by atoms with Crippen molar-refractivity contribution in [2.24, 2.45) is 5.73 Å². The fraction of sp³-hybridized carbons (Fsp3) is 0.431. The Balaban J connectivity index is 0.000000165. The molecule has 5 aromatic heterocycles. The van der Waals surface area contributed by atoms with Crippen LogP contribution in [0.3, 0.4) is 0 Å². The first-order valence-electron chi connectivity index (χ1n) is 30.2. The quantitative estimate of drug-likeness (QED) is 0.0434. The zero-order valence-electron chi connectivity index (χ0n) is 52.1. The smallest absolute Gasteiger partial charge is 0.399 e. The number of carbonyl (C=O) groups excluding carboxylic acids is 2. The Morgan fingerprint density at radius 2 is 1.03 bits per heavy atom. The third-order valence-corrected chi connectivity index (χ3v) is 19.4. The number of anilines is 2. The van der Waals surface area contributed by atoms with Gasteiger partial charge in [0.15, 0.2) is 0 Å². The number of aliphatic hydroxyl groups excluding tert-OH is 2. The van der Waals surface area contributed by atoms with Gasteiger partial charge in [0, 0.05) is 100 Å². The second kappa shape index (κ2) is 35.0. The number of fused-ring (bicyclic) bond motifs is 2. The Kier molecular flexibility index (Phi) is 27.8. The Bertz CT molecular complexity index is 3710. The lowest BCUT2D eigenvalue weighted by atomic mass is 9.81. The molecule has 7 aliphatic heterocycles. The number of ether oxygens (including phenoxy) is 5. The van der Waals surface area contributed by atoms with E-state index >= 15 is 0 Å². The van der Waals surface area contributed by atoms with Crippen LogP contribution in [0.4, 0.5) is 24.8 Å². The molecule has 12 heterocycles. The molecular formula is C65H77BCl3F3I2N10O11. The molecular weight excluding hydrogens is 1520 g/mol. The summed E-state index contributed by atoms with van der Waals surface area (Å²) >= 11 is 21.9. The van der Waals surface area contributed by atoms with Crippen LogP contribution in [0.15, 0.2) is 97.7 Å². The number of benzene rings is 2. The van der Waals surface area contributed by atoms with Gasteiger partial charge in [0.2, 0.25) is 5.95 Å². The van der Waals surface area contributed by atoms with Crippen LogP contribution in [0, 0.1) is 24.7 Å². The van der Waals surface area contributed by atoms with Crippen LogP contribution in [-0.2, 0) is 72.4 Å².